The van der Waals surface area contributed by atoms with Crippen molar-refractivity contribution in [3.63, 3.8) is 0 Å². The van der Waals surface area contributed by atoms with Gasteiger partial charge in [-0.05, 0) is 36.3 Å². The molecule has 1 N–H and O–H groups in total. The first kappa shape index (κ1) is 21.4. The molecule has 1 aromatic carbocycles. The number of thiophene rings is 1. The maximum absolute atomic E-state index is 12.6. The number of esters is 1. The molecular formula is C20H16ClN3O5S. The molecular weight excluding hydrogens is 430 g/mol. The van der Waals surface area contributed by atoms with Crippen molar-refractivity contribution in [2.24, 2.45) is 0 Å². The third-order valence-electron chi connectivity index (χ3n) is 4.17. The molecule has 3 aromatic rings. The molecule has 0 aliphatic carbocycles. The van der Waals surface area contributed by atoms with E-state index in [-0.39, 0.29) is 17.5 Å². The minimum absolute atomic E-state index is 0.106. The molecule has 0 aliphatic heterocycles. The van der Waals surface area contributed by atoms with Gasteiger partial charge in [-0.2, -0.15) is 5.26 Å². The second kappa shape index (κ2) is 8.98. The largest absolute Gasteiger partial charge is 0.493 e. The fourth-order valence-corrected chi connectivity index (χ4v) is 4.08. The molecule has 0 amide bonds. The molecule has 8 nitrogen and oxygen atoms in total. The topological polar surface area (TPSA) is 114 Å². The van der Waals surface area contributed by atoms with E-state index >= 15 is 0 Å². The fourth-order valence-electron chi connectivity index (χ4n) is 2.76. The van der Waals surface area contributed by atoms with Gasteiger partial charge in [-0.15, -0.1) is 11.3 Å². The molecule has 10 heteroatoms. The number of carbonyl (C=O) groups excluding carboxylic acids is 1. The van der Waals surface area contributed by atoms with Crippen LogP contribution >= 0.6 is 22.9 Å². The van der Waals surface area contributed by atoms with Crippen molar-refractivity contribution in [2.75, 3.05) is 20.8 Å². The second-order valence-corrected chi connectivity index (χ2v) is 7.40. The van der Waals surface area contributed by atoms with Crippen LogP contribution in [0.25, 0.3) is 21.3 Å². The Bertz CT molecular complexity index is 1260. The average molecular weight is 446 g/mol. The summed E-state index contributed by atoms with van der Waals surface area (Å²) in [4.78, 5) is 32.2. The minimum atomic E-state index is -0.524. The number of rotatable bonds is 6. The minimum Gasteiger partial charge on any atom is -0.493 e. The summed E-state index contributed by atoms with van der Waals surface area (Å²) in [7, 11) is 2.76. The predicted octanol–water partition coefficient (Wildman–Crippen LogP) is 3.73. The van der Waals surface area contributed by atoms with Gasteiger partial charge in [-0.3, -0.25) is 4.79 Å². The number of nitriles is 1. The van der Waals surface area contributed by atoms with E-state index in [4.69, 9.17) is 31.1 Å². The van der Waals surface area contributed by atoms with Crippen molar-refractivity contribution >= 4 is 50.2 Å². The van der Waals surface area contributed by atoms with Crippen LogP contribution in [0.4, 0.5) is 0 Å². The maximum Gasteiger partial charge on any atom is 0.348 e. The summed E-state index contributed by atoms with van der Waals surface area (Å²) in [5.74, 6) is 0.487. The molecule has 0 atom stereocenters. The summed E-state index contributed by atoms with van der Waals surface area (Å²) in [5.41, 5.74) is 0.782. The first-order chi connectivity index (χ1) is 14.4. The van der Waals surface area contributed by atoms with Crippen molar-refractivity contribution in [1.29, 1.82) is 5.26 Å². The van der Waals surface area contributed by atoms with E-state index in [9.17, 15) is 9.59 Å². The van der Waals surface area contributed by atoms with E-state index in [1.807, 2.05) is 6.07 Å². The Hall–Kier alpha value is -3.35. The lowest BCUT2D eigenvalue weighted by molar-refractivity contribution is 0.0605. The second-order valence-electron chi connectivity index (χ2n) is 5.99. The van der Waals surface area contributed by atoms with E-state index in [0.29, 0.717) is 37.7 Å². The van der Waals surface area contributed by atoms with Gasteiger partial charge in [-0.25, -0.2) is 9.78 Å². The average Bonchev–Trinajstić information content (AvgIpc) is 3.08. The van der Waals surface area contributed by atoms with Crippen molar-refractivity contribution in [2.45, 2.75) is 6.92 Å². The zero-order valence-corrected chi connectivity index (χ0v) is 17.8. The third kappa shape index (κ3) is 4.15. The van der Waals surface area contributed by atoms with Crippen molar-refractivity contribution in [1.82, 2.24) is 9.97 Å². The smallest absolute Gasteiger partial charge is 0.348 e. The van der Waals surface area contributed by atoms with Crippen LogP contribution in [0.3, 0.4) is 0 Å². The Kier molecular flexibility index (Phi) is 6.40. The van der Waals surface area contributed by atoms with Crippen molar-refractivity contribution in [3.05, 3.63) is 50.4 Å². The molecule has 0 spiro atoms. The van der Waals surface area contributed by atoms with Gasteiger partial charge in [-0.1, -0.05) is 17.7 Å². The summed E-state index contributed by atoms with van der Waals surface area (Å²) < 4.78 is 15.3. The predicted molar refractivity (Wildman–Crippen MR) is 114 cm³/mol. The van der Waals surface area contributed by atoms with Crippen LogP contribution in [-0.4, -0.2) is 36.8 Å². The molecule has 2 aromatic heterocycles. The molecule has 0 aliphatic rings. The first-order valence-electron chi connectivity index (χ1n) is 8.56. The maximum atomic E-state index is 12.6. The van der Waals surface area contributed by atoms with Gasteiger partial charge >= 0.3 is 5.97 Å². The van der Waals surface area contributed by atoms with Crippen LogP contribution in [-0.2, 0) is 4.74 Å². The van der Waals surface area contributed by atoms with E-state index in [1.165, 1.54) is 14.2 Å². The normalized spacial score (nSPS) is 11.2. The van der Waals surface area contributed by atoms with Gasteiger partial charge in [0.1, 0.15) is 15.8 Å². The molecule has 0 unspecified atom stereocenters. The molecule has 0 saturated heterocycles. The zero-order valence-electron chi connectivity index (χ0n) is 16.2. The van der Waals surface area contributed by atoms with Crippen LogP contribution in [0.2, 0.25) is 0 Å². The lowest BCUT2D eigenvalue weighted by atomic mass is 10.2. The van der Waals surface area contributed by atoms with E-state index < -0.39 is 11.5 Å². The fraction of sp³-hybridized carbons (Fsp3) is 0.200. The summed E-state index contributed by atoms with van der Waals surface area (Å²) in [6.07, 6.45) is 1.60. The number of H-pyrrole nitrogens is 1. The number of ether oxygens (including phenoxy) is 3. The van der Waals surface area contributed by atoms with E-state index in [2.05, 4.69) is 9.97 Å². The highest BCUT2D eigenvalue weighted by Gasteiger charge is 2.20. The van der Waals surface area contributed by atoms with Crippen molar-refractivity contribution in [3.8, 4) is 17.6 Å². The zero-order chi connectivity index (χ0) is 21.8. The summed E-state index contributed by atoms with van der Waals surface area (Å²) in [5, 5.41) is 9.16. The van der Waals surface area contributed by atoms with Gasteiger partial charge < -0.3 is 19.2 Å². The number of aromatic amines is 1. The highest BCUT2D eigenvalue weighted by molar-refractivity contribution is 7.20. The number of benzene rings is 1. The summed E-state index contributed by atoms with van der Waals surface area (Å²) in [6, 6.07) is 6.94. The number of hydrogen-bond donors (Lipinski definition) is 1. The Morgan fingerprint density at radius 1 is 1.37 bits per heavy atom. The van der Waals surface area contributed by atoms with Crippen LogP contribution in [0.15, 0.2) is 23.0 Å². The Morgan fingerprint density at radius 2 is 2.13 bits per heavy atom. The standard InChI is InChI=1S/C20H16ClN3O5S/c1-10-15-18(25)23-17(24-19(15)30-16(10)20(26)28-3)12(21)8-11-4-5-13(29-7-6-22)14(9-11)27-2/h4-5,8-9H,7H2,1-3H3,(H,23,24,25)/b12-8-. The first-order valence-corrected chi connectivity index (χ1v) is 9.76. The molecule has 2 heterocycles. The molecule has 0 fully saturated rings. The summed E-state index contributed by atoms with van der Waals surface area (Å²) >= 11 is 7.46. The van der Waals surface area contributed by atoms with Gasteiger partial charge in [0.15, 0.2) is 23.9 Å². The monoisotopic (exact) mass is 445 g/mol. The number of carbonyl (C=O) groups is 1. The number of aromatic nitrogens is 2. The van der Waals surface area contributed by atoms with E-state index in [0.717, 1.165) is 11.3 Å². The number of aryl methyl sites for hydroxylation is 1. The molecule has 3 rings (SSSR count). The molecule has 154 valence electrons. The number of fused-ring (bicyclic) bond motifs is 1. The SMILES string of the molecule is COC(=O)c1sc2nc(/C(Cl)=C/c3ccc(OCC#N)c(OC)c3)[nH]c(=O)c2c1C. The highest BCUT2D eigenvalue weighted by atomic mass is 35.5. The van der Waals surface area contributed by atoms with Gasteiger partial charge in [0.25, 0.3) is 5.56 Å². The summed E-state index contributed by atoms with van der Waals surface area (Å²) in [6.45, 7) is 1.56. The number of hydrogen-bond acceptors (Lipinski definition) is 8. The molecule has 30 heavy (non-hydrogen) atoms. The van der Waals surface area contributed by atoms with E-state index in [1.54, 1.807) is 31.2 Å². The number of halogens is 1. The van der Waals surface area contributed by atoms with Crippen LogP contribution < -0.4 is 15.0 Å². The van der Waals surface area contributed by atoms with Gasteiger partial charge in [0.05, 0.1) is 24.6 Å². The number of methoxy groups -OCH3 is 2. The molecule has 0 bridgehead atoms. The third-order valence-corrected chi connectivity index (χ3v) is 5.62. The van der Waals surface area contributed by atoms with Crippen LogP contribution in [0.1, 0.15) is 26.6 Å². The Balaban J connectivity index is 2.01. The number of nitrogens with zero attached hydrogens (tertiary/aromatic N) is 2. The van der Waals surface area contributed by atoms with Crippen molar-refractivity contribution < 1.29 is 19.0 Å². The lowest BCUT2D eigenvalue weighted by Crippen LogP contribution is -2.10. The highest BCUT2D eigenvalue weighted by Crippen LogP contribution is 2.31. The number of nitrogens with one attached hydrogen (secondary N) is 1. The Labute approximate surface area is 180 Å². The van der Waals surface area contributed by atoms with Crippen LogP contribution in [0.5, 0.6) is 11.5 Å². The molecule has 0 radical (unpaired) electrons. The van der Waals surface area contributed by atoms with Gasteiger partial charge in [0, 0.05) is 0 Å². The quantitative estimate of drug-likeness (QED) is 0.575. The Morgan fingerprint density at radius 3 is 2.80 bits per heavy atom. The van der Waals surface area contributed by atoms with Gasteiger partial charge in [0.2, 0.25) is 0 Å². The molecule has 0 saturated carbocycles. The van der Waals surface area contributed by atoms with Crippen LogP contribution in [0, 0.1) is 18.3 Å². The lowest BCUT2D eigenvalue weighted by Gasteiger charge is -2.09.